The Hall–Kier alpha value is -0.0900. The predicted octanol–water partition coefficient (Wildman–Crippen LogP) is 2.75. The molecule has 0 heterocycles. The molecule has 0 saturated heterocycles. The van der Waals surface area contributed by atoms with Gasteiger partial charge >= 0.3 is 0 Å². The number of nitrogens with one attached hydrogen (secondary N) is 1. The lowest BCUT2D eigenvalue weighted by Gasteiger charge is -2.13. The molecule has 0 amide bonds. The molecule has 1 aromatic carbocycles. The number of rotatable bonds is 4. The Kier molecular flexibility index (Phi) is 4.89. The van der Waals surface area contributed by atoms with Crippen molar-refractivity contribution >= 4 is 27.5 Å². The smallest absolute Gasteiger partial charge is 0.0925 e. The minimum atomic E-state index is -0.499. The van der Waals surface area contributed by atoms with Crippen molar-refractivity contribution in [3.05, 3.63) is 33.3 Å². The third-order valence-electron chi connectivity index (χ3n) is 1.91. The minimum absolute atomic E-state index is 0.499. The fraction of sp³-hybridized carbons (Fsp3) is 0.400. The molecule has 1 aromatic rings. The topological polar surface area (TPSA) is 32.3 Å². The Balaban J connectivity index is 2.74. The van der Waals surface area contributed by atoms with E-state index in [1.165, 1.54) is 0 Å². The molecule has 0 aliphatic rings. The van der Waals surface area contributed by atoms with Crippen LogP contribution in [0, 0.1) is 0 Å². The number of hydrogen-bond acceptors (Lipinski definition) is 2. The normalized spacial score (nSPS) is 12.9. The number of aliphatic hydroxyl groups excluding tert-OH is 1. The summed E-state index contributed by atoms with van der Waals surface area (Å²) in [6.07, 6.45) is -0.499. The van der Waals surface area contributed by atoms with Crippen LogP contribution in [0.15, 0.2) is 22.7 Å². The number of aliphatic hydroxyl groups is 1. The van der Waals surface area contributed by atoms with Crippen LogP contribution in [0.2, 0.25) is 5.02 Å². The molecule has 14 heavy (non-hydrogen) atoms. The van der Waals surface area contributed by atoms with Gasteiger partial charge in [-0.3, -0.25) is 0 Å². The summed E-state index contributed by atoms with van der Waals surface area (Å²) in [6.45, 7) is 3.41. The summed E-state index contributed by atoms with van der Waals surface area (Å²) in [4.78, 5) is 0. The second-order valence-electron chi connectivity index (χ2n) is 2.99. The average Bonchev–Trinajstić information content (AvgIpc) is 2.14. The third-order valence-corrected chi connectivity index (χ3v) is 2.83. The maximum atomic E-state index is 9.79. The summed E-state index contributed by atoms with van der Waals surface area (Å²) >= 11 is 9.17. The van der Waals surface area contributed by atoms with Crippen molar-refractivity contribution in [2.75, 3.05) is 13.1 Å². The van der Waals surface area contributed by atoms with Gasteiger partial charge in [-0.15, -0.1) is 0 Å². The molecule has 1 unspecified atom stereocenters. The van der Waals surface area contributed by atoms with Gasteiger partial charge in [-0.25, -0.2) is 0 Å². The van der Waals surface area contributed by atoms with Crippen LogP contribution < -0.4 is 5.32 Å². The van der Waals surface area contributed by atoms with Crippen LogP contribution >= 0.6 is 27.5 Å². The van der Waals surface area contributed by atoms with Gasteiger partial charge in [-0.2, -0.15) is 0 Å². The lowest BCUT2D eigenvalue weighted by molar-refractivity contribution is 0.175. The summed E-state index contributed by atoms with van der Waals surface area (Å²) < 4.78 is 0.843. The molecule has 0 fully saturated rings. The molecule has 0 spiro atoms. The highest BCUT2D eigenvalue weighted by molar-refractivity contribution is 9.10. The number of hydrogen-bond donors (Lipinski definition) is 2. The van der Waals surface area contributed by atoms with Crippen LogP contribution in [0.25, 0.3) is 0 Å². The first kappa shape index (κ1) is 12.0. The summed E-state index contributed by atoms with van der Waals surface area (Å²) in [5, 5.41) is 13.5. The van der Waals surface area contributed by atoms with Crippen molar-refractivity contribution in [3.63, 3.8) is 0 Å². The molecule has 0 saturated carbocycles. The molecule has 0 aliphatic carbocycles. The van der Waals surface area contributed by atoms with Gasteiger partial charge in [0.1, 0.15) is 0 Å². The quantitative estimate of drug-likeness (QED) is 0.887. The number of benzene rings is 1. The molecule has 0 radical (unpaired) electrons. The molecule has 2 nitrogen and oxygen atoms in total. The second kappa shape index (κ2) is 5.71. The van der Waals surface area contributed by atoms with Crippen molar-refractivity contribution < 1.29 is 5.11 Å². The number of halogens is 2. The van der Waals surface area contributed by atoms with Crippen molar-refractivity contribution in [1.29, 1.82) is 0 Å². The van der Waals surface area contributed by atoms with Gasteiger partial charge < -0.3 is 10.4 Å². The largest absolute Gasteiger partial charge is 0.387 e. The maximum absolute atomic E-state index is 9.79. The zero-order valence-electron chi connectivity index (χ0n) is 7.93. The molecule has 1 atom stereocenters. The fourth-order valence-electron chi connectivity index (χ4n) is 1.16. The maximum Gasteiger partial charge on any atom is 0.0925 e. The number of likely N-dealkylation sites (N-methyl/N-ethyl adjacent to an activating group) is 1. The highest BCUT2D eigenvalue weighted by atomic mass is 79.9. The van der Waals surface area contributed by atoms with Crippen molar-refractivity contribution in [1.82, 2.24) is 5.32 Å². The minimum Gasteiger partial charge on any atom is -0.387 e. The Morgan fingerprint density at radius 3 is 2.86 bits per heavy atom. The second-order valence-corrected chi connectivity index (χ2v) is 4.28. The van der Waals surface area contributed by atoms with E-state index >= 15 is 0 Å². The summed E-state index contributed by atoms with van der Waals surface area (Å²) in [7, 11) is 0. The Bertz CT molecular complexity index is 306. The van der Waals surface area contributed by atoms with E-state index in [9.17, 15) is 5.11 Å². The van der Waals surface area contributed by atoms with Gasteiger partial charge in [0.25, 0.3) is 0 Å². The molecular formula is C10H13BrClNO. The Labute approximate surface area is 97.4 Å². The van der Waals surface area contributed by atoms with Gasteiger partial charge in [-0.1, -0.05) is 40.5 Å². The van der Waals surface area contributed by atoms with Crippen LogP contribution in [0.5, 0.6) is 0 Å². The van der Waals surface area contributed by atoms with Crippen LogP contribution in [-0.2, 0) is 0 Å². The Morgan fingerprint density at radius 2 is 2.29 bits per heavy atom. The molecule has 0 aliphatic heterocycles. The monoisotopic (exact) mass is 277 g/mol. The van der Waals surface area contributed by atoms with Crippen LogP contribution in [0.4, 0.5) is 0 Å². The standard InChI is InChI=1S/C10H13BrClNO/c1-2-13-6-10(14)8-4-3-7(12)5-9(8)11/h3-5,10,13-14H,2,6H2,1H3. The third kappa shape index (κ3) is 3.24. The lowest BCUT2D eigenvalue weighted by Crippen LogP contribution is -2.21. The van der Waals surface area contributed by atoms with Gasteiger partial charge in [0.15, 0.2) is 0 Å². The van der Waals surface area contributed by atoms with Crippen molar-refractivity contribution in [2.24, 2.45) is 0 Å². The van der Waals surface area contributed by atoms with E-state index in [1.807, 2.05) is 13.0 Å². The van der Waals surface area contributed by atoms with Gasteiger partial charge in [0.2, 0.25) is 0 Å². The van der Waals surface area contributed by atoms with Crippen LogP contribution in [-0.4, -0.2) is 18.2 Å². The zero-order chi connectivity index (χ0) is 10.6. The van der Waals surface area contributed by atoms with Gasteiger partial charge in [0.05, 0.1) is 6.10 Å². The molecular weight excluding hydrogens is 265 g/mol. The first-order valence-corrected chi connectivity index (χ1v) is 5.66. The van der Waals surface area contributed by atoms with Crippen LogP contribution in [0.3, 0.4) is 0 Å². The molecule has 0 bridgehead atoms. The zero-order valence-corrected chi connectivity index (χ0v) is 10.3. The van der Waals surface area contributed by atoms with E-state index in [-0.39, 0.29) is 0 Å². The van der Waals surface area contributed by atoms with E-state index < -0.39 is 6.10 Å². The molecule has 2 N–H and O–H groups in total. The molecule has 4 heteroatoms. The van der Waals surface area contributed by atoms with E-state index in [2.05, 4.69) is 21.2 Å². The highest BCUT2D eigenvalue weighted by Gasteiger charge is 2.10. The lowest BCUT2D eigenvalue weighted by atomic mass is 10.1. The van der Waals surface area contributed by atoms with E-state index in [0.29, 0.717) is 11.6 Å². The highest BCUT2D eigenvalue weighted by Crippen LogP contribution is 2.26. The van der Waals surface area contributed by atoms with E-state index in [4.69, 9.17) is 11.6 Å². The van der Waals surface area contributed by atoms with E-state index in [1.54, 1.807) is 12.1 Å². The van der Waals surface area contributed by atoms with E-state index in [0.717, 1.165) is 16.6 Å². The Morgan fingerprint density at radius 1 is 1.57 bits per heavy atom. The van der Waals surface area contributed by atoms with Crippen molar-refractivity contribution in [2.45, 2.75) is 13.0 Å². The summed E-state index contributed by atoms with van der Waals surface area (Å²) in [5.41, 5.74) is 0.857. The van der Waals surface area contributed by atoms with Gasteiger partial charge in [0, 0.05) is 16.0 Å². The predicted molar refractivity (Wildman–Crippen MR) is 62.7 cm³/mol. The average molecular weight is 279 g/mol. The first-order valence-electron chi connectivity index (χ1n) is 4.49. The fourth-order valence-corrected chi connectivity index (χ4v) is 2.11. The first-order chi connectivity index (χ1) is 6.65. The SMILES string of the molecule is CCNCC(O)c1ccc(Cl)cc1Br. The molecule has 0 aromatic heterocycles. The summed E-state index contributed by atoms with van der Waals surface area (Å²) in [6, 6.07) is 5.39. The summed E-state index contributed by atoms with van der Waals surface area (Å²) in [5.74, 6) is 0. The molecule has 1 rings (SSSR count). The van der Waals surface area contributed by atoms with Crippen molar-refractivity contribution in [3.8, 4) is 0 Å². The molecule has 78 valence electrons. The van der Waals surface area contributed by atoms with Crippen LogP contribution in [0.1, 0.15) is 18.6 Å². The van der Waals surface area contributed by atoms with Gasteiger partial charge in [-0.05, 0) is 24.2 Å².